The number of esters is 2. The Hall–Kier alpha value is -1.24. The molecule has 0 aromatic rings. The van der Waals surface area contributed by atoms with Crippen molar-refractivity contribution in [3.63, 3.8) is 0 Å². The summed E-state index contributed by atoms with van der Waals surface area (Å²) >= 11 is 0.607. The zero-order valence-electron chi connectivity index (χ0n) is 10.1. The van der Waals surface area contributed by atoms with Crippen LogP contribution in [-0.4, -0.2) is 36.4 Å². The quantitative estimate of drug-likeness (QED) is 0.503. The van der Waals surface area contributed by atoms with Gasteiger partial charge in [-0.3, -0.25) is 14.4 Å². The Morgan fingerprint density at radius 1 is 1.12 bits per heavy atom. The highest BCUT2D eigenvalue weighted by Gasteiger charge is 2.26. The molecule has 0 radical (unpaired) electrons. The second-order valence-electron chi connectivity index (χ2n) is 2.92. The molecule has 0 aliphatic heterocycles. The molecule has 1 unspecified atom stereocenters. The predicted octanol–water partition coefficient (Wildman–Crippen LogP) is 1.08. The Balaban J connectivity index is 4.33. The maximum atomic E-state index is 11.5. The van der Waals surface area contributed by atoms with E-state index in [0.717, 1.165) is 0 Å². The van der Waals surface area contributed by atoms with Gasteiger partial charge in [-0.05, 0) is 13.8 Å². The van der Waals surface area contributed by atoms with Crippen LogP contribution in [0.5, 0.6) is 0 Å². The summed E-state index contributed by atoms with van der Waals surface area (Å²) in [5.41, 5.74) is 0. The number of hydrogen-bond donors (Lipinski definition) is 0. The van der Waals surface area contributed by atoms with Gasteiger partial charge in [-0.1, -0.05) is 0 Å². The van der Waals surface area contributed by atoms with E-state index in [1.54, 1.807) is 13.8 Å². The summed E-state index contributed by atoms with van der Waals surface area (Å²) in [5.74, 6) is -1.69. The molecule has 0 fully saturated rings. The van der Waals surface area contributed by atoms with Crippen LogP contribution in [0.25, 0.3) is 0 Å². The summed E-state index contributed by atoms with van der Waals surface area (Å²) in [7, 11) is 0. The Bertz CT molecular complexity index is 278. The molecule has 0 aromatic heterocycles. The van der Waals surface area contributed by atoms with Gasteiger partial charge in [0.1, 0.15) is 0 Å². The van der Waals surface area contributed by atoms with Crippen LogP contribution in [-0.2, 0) is 28.0 Å². The fourth-order valence-corrected chi connectivity index (χ4v) is 1.49. The van der Waals surface area contributed by atoms with Crippen molar-refractivity contribution >= 4 is 30.0 Å². The van der Waals surface area contributed by atoms with E-state index in [1.165, 1.54) is 6.92 Å². The van der Waals surface area contributed by atoms with Gasteiger partial charge in [-0.2, -0.15) is 0 Å². The van der Waals surface area contributed by atoms with Crippen molar-refractivity contribution in [3.8, 4) is 0 Å². The third-order valence-electron chi connectivity index (χ3n) is 1.49. The Labute approximate surface area is 104 Å². The molecule has 0 saturated heterocycles. The van der Waals surface area contributed by atoms with E-state index in [9.17, 15) is 14.4 Å². The number of rotatable bonds is 7. The van der Waals surface area contributed by atoms with Crippen LogP contribution in [0, 0.1) is 0 Å². The first kappa shape index (κ1) is 15.8. The number of carbonyl (C=O) groups is 3. The van der Waals surface area contributed by atoms with Crippen molar-refractivity contribution in [1.29, 1.82) is 0 Å². The first-order chi connectivity index (χ1) is 8.01. The van der Waals surface area contributed by atoms with Gasteiger partial charge >= 0.3 is 17.9 Å². The van der Waals surface area contributed by atoms with Gasteiger partial charge in [0.15, 0.2) is 5.25 Å². The van der Waals surface area contributed by atoms with Crippen LogP contribution < -0.4 is 0 Å². The van der Waals surface area contributed by atoms with Gasteiger partial charge in [0.25, 0.3) is 0 Å². The summed E-state index contributed by atoms with van der Waals surface area (Å²) < 4.78 is 14.1. The minimum Gasteiger partial charge on any atom is -0.466 e. The second kappa shape index (κ2) is 8.86. The highest BCUT2D eigenvalue weighted by atomic mass is 32.2. The van der Waals surface area contributed by atoms with E-state index >= 15 is 0 Å². The third kappa shape index (κ3) is 7.62. The van der Waals surface area contributed by atoms with Crippen LogP contribution in [0.1, 0.15) is 27.2 Å². The van der Waals surface area contributed by atoms with E-state index in [1.807, 2.05) is 0 Å². The highest BCUT2D eigenvalue weighted by molar-refractivity contribution is 7.96. The van der Waals surface area contributed by atoms with E-state index in [4.69, 9.17) is 9.47 Å². The molecular formula is C10H16O6S. The van der Waals surface area contributed by atoms with Crippen LogP contribution in [0.2, 0.25) is 0 Å². The molecule has 7 heteroatoms. The molecule has 17 heavy (non-hydrogen) atoms. The summed E-state index contributed by atoms with van der Waals surface area (Å²) in [6.07, 6.45) is -0.190. The lowest BCUT2D eigenvalue weighted by Crippen LogP contribution is -2.25. The van der Waals surface area contributed by atoms with E-state index < -0.39 is 23.2 Å². The van der Waals surface area contributed by atoms with Crippen LogP contribution in [0.4, 0.5) is 0 Å². The summed E-state index contributed by atoms with van der Waals surface area (Å²) in [6.45, 7) is 4.94. The zero-order valence-corrected chi connectivity index (χ0v) is 10.9. The van der Waals surface area contributed by atoms with Crippen LogP contribution >= 0.6 is 12.0 Å². The topological polar surface area (TPSA) is 78.9 Å². The minimum absolute atomic E-state index is 0.190. The van der Waals surface area contributed by atoms with Gasteiger partial charge in [0, 0.05) is 6.92 Å². The average Bonchev–Trinajstić information content (AvgIpc) is 2.24. The lowest BCUT2D eigenvalue weighted by molar-refractivity contribution is -0.149. The van der Waals surface area contributed by atoms with Crippen molar-refractivity contribution in [2.24, 2.45) is 0 Å². The monoisotopic (exact) mass is 264 g/mol. The lowest BCUT2D eigenvalue weighted by atomic mass is 10.3. The largest absolute Gasteiger partial charge is 0.466 e. The maximum absolute atomic E-state index is 11.5. The molecule has 0 amide bonds. The number of carbonyl (C=O) groups excluding carboxylic acids is 3. The lowest BCUT2D eigenvalue weighted by Gasteiger charge is -2.12. The Morgan fingerprint density at radius 3 is 2.18 bits per heavy atom. The second-order valence-corrected chi connectivity index (χ2v) is 3.85. The molecule has 0 heterocycles. The van der Waals surface area contributed by atoms with E-state index in [0.29, 0.717) is 12.0 Å². The molecule has 0 aromatic carbocycles. The molecule has 0 rings (SSSR count). The van der Waals surface area contributed by atoms with Gasteiger partial charge in [0.2, 0.25) is 0 Å². The van der Waals surface area contributed by atoms with Crippen LogP contribution in [0.15, 0.2) is 0 Å². The van der Waals surface area contributed by atoms with Crippen molar-refractivity contribution in [1.82, 2.24) is 0 Å². The third-order valence-corrected chi connectivity index (χ3v) is 2.41. The first-order valence-corrected chi connectivity index (χ1v) is 5.97. The smallest absolute Gasteiger partial charge is 0.323 e. The molecule has 0 aliphatic carbocycles. The van der Waals surface area contributed by atoms with E-state index in [2.05, 4.69) is 4.18 Å². The molecule has 0 saturated carbocycles. The molecule has 1 atom stereocenters. The van der Waals surface area contributed by atoms with E-state index in [-0.39, 0.29) is 19.6 Å². The van der Waals surface area contributed by atoms with Gasteiger partial charge in [0.05, 0.1) is 31.7 Å². The normalized spacial score (nSPS) is 11.5. The maximum Gasteiger partial charge on any atom is 0.323 e. The fourth-order valence-electron chi connectivity index (χ4n) is 0.889. The minimum atomic E-state index is -0.891. The van der Waals surface area contributed by atoms with Crippen molar-refractivity contribution in [2.75, 3.05) is 13.2 Å². The summed E-state index contributed by atoms with van der Waals surface area (Å²) in [6, 6.07) is 0. The molecule has 0 spiro atoms. The van der Waals surface area contributed by atoms with Gasteiger partial charge < -0.3 is 13.7 Å². The fraction of sp³-hybridized carbons (Fsp3) is 0.700. The molecular weight excluding hydrogens is 248 g/mol. The van der Waals surface area contributed by atoms with Crippen molar-refractivity contribution < 1.29 is 28.0 Å². The molecule has 0 bridgehead atoms. The predicted molar refractivity (Wildman–Crippen MR) is 61.0 cm³/mol. The van der Waals surface area contributed by atoms with Crippen LogP contribution in [0.3, 0.4) is 0 Å². The van der Waals surface area contributed by atoms with Gasteiger partial charge in [-0.15, -0.1) is 0 Å². The molecule has 6 nitrogen and oxygen atoms in total. The number of ether oxygens (including phenoxy) is 2. The van der Waals surface area contributed by atoms with Gasteiger partial charge in [-0.25, -0.2) is 0 Å². The summed E-state index contributed by atoms with van der Waals surface area (Å²) in [4.78, 5) is 33.3. The average molecular weight is 264 g/mol. The molecule has 98 valence electrons. The van der Waals surface area contributed by atoms with Crippen molar-refractivity contribution in [3.05, 3.63) is 0 Å². The summed E-state index contributed by atoms with van der Waals surface area (Å²) in [5, 5.41) is -0.891. The van der Waals surface area contributed by atoms with Crippen molar-refractivity contribution in [2.45, 2.75) is 32.4 Å². The standard InChI is InChI=1S/C10H16O6S/c1-4-14-9(12)6-8(10(13)15-5-2)17-16-7(3)11/h8H,4-6H2,1-3H3. The Kier molecular flexibility index (Phi) is 8.21. The molecule has 0 N–H and O–H groups in total. The first-order valence-electron chi connectivity index (χ1n) is 5.17. The zero-order chi connectivity index (χ0) is 13.3. The Morgan fingerprint density at radius 2 is 1.71 bits per heavy atom. The highest BCUT2D eigenvalue weighted by Crippen LogP contribution is 2.18. The molecule has 0 aliphatic rings. The number of hydrogen-bond acceptors (Lipinski definition) is 7. The SMILES string of the molecule is CCOC(=O)CC(SOC(C)=O)C(=O)OCC.